The van der Waals surface area contributed by atoms with Crippen LogP contribution in [0.5, 0.6) is 0 Å². The molecule has 0 rings (SSSR count). The van der Waals surface area contributed by atoms with E-state index in [-0.39, 0.29) is 11.9 Å². The molecule has 2 unspecified atom stereocenters. The van der Waals surface area contributed by atoms with Crippen LogP contribution < -0.4 is 0 Å². The van der Waals surface area contributed by atoms with Gasteiger partial charge in [0, 0.05) is 0 Å². The molecule has 29 heavy (non-hydrogen) atoms. The van der Waals surface area contributed by atoms with Crippen LogP contribution in [-0.4, -0.2) is 12.6 Å². The summed E-state index contributed by atoms with van der Waals surface area (Å²) in [7, 11) is 0. The summed E-state index contributed by atoms with van der Waals surface area (Å²) in [6.45, 7) is 9.48. The molecule has 174 valence electrons. The normalized spacial score (nSPS) is 13.4. The van der Waals surface area contributed by atoms with E-state index in [0.29, 0.717) is 12.5 Å². The maximum absolute atomic E-state index is 12.4. The second-order valence-corrected chi connectivity index (χ2v) is 9.36. The van der Waals surface area contributed by atoms with Crippen LogP contribution in [-0.2, 0) is 9.53 Å². The SMILES string of the molecule is CCCCCCCCCC(CCCC)COC(=O)C(C)CCCCCCCCC. The van der Waals surface area contributed by atoms with E-state index in [1.807, 2.05) is 0 Å². The smallest absolute Gasteiger partial charge is 0.308 e. The van der Waals surface area contributed by atoms with Gasteiger partial charge in [-0.2, -0.15) is 0 Å². The lowest BCUT2D eigenvalue weighted by atomic mass is 9.95. The van der Waals surface area contributed by atoms with Crippen molar-refractivity contribution in [1.29, 1.82) is 0 Å². The van der Waals surface area contributed by atoms with E-state index < -0.39 is 0 Å². The van der Waals surface area contributed by atoms with Gasteiger partial charge in [0.1, 0.15) is 0 Å². The van der Waals surface area contributed by atoms with Gasteiger partial charge >= 0.3 is 5.97 Å². The predicted octanol–water partition coefficient (Wildman–Crippen LogP) is 9.25. The number of carbonyl (C=O) groups excluding carboxylic acids is 1. The zero-order valence-electron chi connectivity index (χ0n) is 20.6. The van der Waals surface area contributed by atoms with Gasteiger partial charge in [-0.3, -0.25) is 4.79 Å². The number of unbranched alkanes of at least 4 members (excludes halogenated alkanes) is 13. The van der Waals surface area contributed by atoms with Crippen LogP contribution in [0.25, 0.3) is 0 Å². The fourth-order valence-electron chi connectivity index (χ4n) is 4.06. The van der Waals surface area contributed by atoms with Gasteiger partial charge in [0.05, 0.1) is 12.5 Å². The summed E-state index contributed by atoms with van der Waals surface area (Å²) in [5.74, 6) is 0.674. The van der Waals surface area contributed by atoms with Crippen LogP contribution in [0.4, 0.5) is 0 Å². The first-order chi connectivity index (χ1) is 14.2. The number of hydrogen-bond acceptors (Lipinski definition) is 2. The van der Waals surface area contributed by atoms with E-state index in [9.17, 15) is 4.79 Å². The average molecular weight is 411 g/mol. The Morgan fingerprint density at radius 1 is 0.586 bits per heavy atom. The van der Waals surface area contributed by atoms with Gasteiger partial charge in [0.15, 0.2) is 0 Å². The second-order valence-electron chi connectivity index (χ2n) is 9.36. The Labute approximate surface area is 184 Å². The van der Waals surface area contributed by atoms with Crippen LogP contribution in [0.2, 0.25) is 0 Å². The summed E-state index contributed by atoms with van der Waals surface area (Å²) < 4.78 is 5.74. The summed E-state index contributed by atoms with van der Waals surface area (Å²) in [6, 6.07) is 0. The highest BCUT2D eigenvalue weighted by molar-refractivity contribution is 5.71. The molecule has 2 heteroatoms. The van der Waals surface area contributed by atoms with Crippen LogP contribution in [0.3, 0.4) is 0 Å². The minimum atomic E-state index is 0.0389. The third-order valence-corrected chi connectivity index (χ3v) is 6.29. The monoisotopic (exact) mass is 410 g/mol. The van der Waals surface area contributed by atoms with Gasteiger partial charge in [-0.25, -0.2) is 0 Å². The Hall–Kier alpha value is -0.530. The Morgan fingerprint density at radius 3 is 1.52 bits per heavy atom. The van der Waals surface area contributed by atoms with Crippen molar-refractivity contribution >= 4 is 5.97 Å². The first kappa shape index (κ1) is 28.5. The molecule has 0 N–H and O–H groups in total. The van der Waals surface area contributed by atoms with Gasteiger partial charge in [-0.05, 0) is 25.2 Å². The third-order valence-electron chi connectivity index (χ3n) is 6.29. The third kappa shape index (κ3) is 19.2. The summed E-state index contributed by atoms with van der Waals surface area (Å²) in [5.41, 5.74) is 0. The van der Waals surface area contributed by atoms with Crippen molar-refractivity contribution in [3.05, 3.63) is 0 Å². The lowest BCUT2D eigenvalue weighted by Gasteiger charge is -2.18. The molecule has 0 aromatic rings. The average Bonchev–Trinajstić information content (AvgIpc) is 2.73. The van der Waals surface area contributed by atoms with Crippen molar-refractivity contribution < 1.29 is 9.53 Å². The highest BCUT2D eigenvalue weighted by atomic mass is 16.5. The van der Waals surface area contributed by atoms with Crippen LogP contribution >= 0.6 is 0 Å². The molecule has 0 amide bonds. The zero-order valence-corrected chi connectivity index (χ0v) is 20.6. The lowest BCUT2D eigenvalue weighted by molar-refractivity contribution is -0.149. The number of ether oxygens (including phenoxy) is 1. The van der Waals surface area contributed by atoms with Crippen LogP contribution in [0, 0.1) is 11.8 Å². The first-order valence-electron chi connectivity index (χ1n) is 13.3. The maximum Gasteiger partial charge on any atom is 0.308 e. The van der Waals surface area contributed by atoms with Crippen molar-refractivity contribution in [2.75, 3.05) is 6.61 Å². The molecule has 0 saturated heterocycles. The molecule has 0 heterocycles. The zero-order chi connectivity index (χ0) is 21.6. The van der Waals surface area contributed by atoms with Crippen molar-refractivity contribution in [3.63, 3.8) is 0 Å². The molecule has 0 aromatic carbocycles. The summed E-state index contributed by atoms with van der Waals surface area (Å²) in [6.07, 6.45) is 24.5. The van der Waals surface area contributed by atoms with Gasteiger partial charge in [0.25, 0.3) is 0 Å². The molecule has 0 radical (unpaired) electrons. The van der Waals surface area contributed by atoms with Crippen LogP contribution in [0.15, 0.2) is 0 Å². The predicted molar refractivity (Wildman–Crippen MR) is 128 cm³/mol. The van der Waals surface area contributed by atoms with E-state index in [0.717, 1.165) is 6.42 Å². The summed E-state index contributed by atoms with van der Waals surface area (Å²) in [4.78, 5) is 12.4. The molecule has 0 aromatic heterocycles. The van der Waals surface area contributed by atoms with Crippen molar-refractivity contribution in [2.24, 2.45) is 11.8 Å². The minimum Gasteiger partial charge on any atom is -0.465 e. The molecule has 0 aliphatic heterocycles. The Balaban J connectivity index is 3.90. The largest absolute Gasteiger partial charge is 0.465 e. The van der Waals surface area contributed by atoms with E-state index in [2.05, 4.69) is 27.7 Å². The molecule has 0 spiro atoms. The van der Waals surface area contributed by atoms with E-state index in [1.165, 1.54) is 116 Å². The van der Waals surface area contributed by atoms with E-state index >= 15 is 0 Å². The molecule has 2 atom stereocenters. The minimum absolute atomic E-state index is 0.0389. The van der Waals surface area contributed by atoms with Crippen molar-refractivity contribution in [2.45, 2.75) is 150 Å². The number of hydrogen-bond donors (Lipinski definition) is 0. The molecular weight excluding hydrogens is 356 g/mol. The standard InChI is InChI=1S/C27H54O2/c1-5-8-11-13-15-17-19-21-25(4)27(28)29-24-26(22-10-7-3)23-20-18-16-14-12-9-6-2/h25-26H,5-24H2,1-4H3. The second kappa shape index (κ2) is 22.2. The number of carbonyl (C=O) groups is 1. The number of esters is 1. The molecular formula is C27H54O2. The molecule has 0 bridgehead atoms. The van der Waals surface area contributed by atoms with Gasteiger partial charge in [-0.15, -0.1) is 0 Å². The lowest BCUT2D eigenvalue weighted by Crippen LogP contribution is -2.19. The van der Waals surface area contributed by atoms with Gasteiger partial charge in [-0.1, -0.05) is 130 Å². The van der Waals surface area contributed by atoms with Crippen LogP contribution in [0.1, 0.15) is 150 Å². The molecule has 0 fully saturated rings. The molecule has 0 aliphatic carbocycles. The van der Waals surface area contributed by atoms with Gasteiger partial charge in [0.2, 0.25) is 0 Å². The molecule has 0 aliphatic rings. The Morgan fingerprint density at radius 2 is 1.00 bits per heavy atom. The Kier molecular flexibility index (Phi) is 21.8. The fraction of sp³-hybridized carbons (Fsp3) is 0.963. The Bertz CT molecular complexity index is 339. The maximum atomic E-state index is 12.4. The molecule has 0 saturated carbocycles. The fourth-order valence-corrected chi connectivity index (χ4v) is 4.06. The van der Waals surface area contributed by atoms with E-state index in [4.69, 9.17) is 4.74 Å². The molecule has 2 nitrogen and oxygen atoms in total. The van der Waals surface area contributed by atoms with Crippen molar-refractivity contribution in [3.8, 4) is 0 Å². The van der Waals surface area contributed by atoms with Crippen molar-refractivity contribution in [1.82, 2.24) is 0 Å². The van der Waals surface area contributed by atoms with Gasteiger partial charge < -0.3 is 4.74 Å². The summed E-state index contributed by atoms with van der Waals surface area (Å²) in [5, 5.41) is 0. The quantitative estimate of drug-likeness (QED) is 0.131. The summed E-state index contributed by atoms with van der Waals surface area (Å²) >= 11 is 0. The highest BCUT2D eigenvalue weighted by Gasteiger charge is 2.17. The first-order valence-corrected chi connectivity index (χ1v) is 13.3. The van der Waals surface area contributed by atoms with E-state index in [1.54, 1.807) is 0 Å². The highest BCUT2D eigenvalue weighted by Crippen LogP contribution is 2.20. The number of rotatable bonds is 22. The topological polar surface area (TPSA) is 26.3 Å².